The van der Waals surface area contributed by atoms with Crippen molar-refractivity contribution < 1.29 is 4.79 Å². The van der Waals surface area contributed by atoms with Crippen LogP contribution in [0.1, 0.15) is 37.0 Å². The first-order valence-electron chi connectivity index (χ1n) is 5.98. The summed E-state index contributed by atoms with van der Waals surface area (Å²) in [4.78, 5) is 12.0. The highest BCUT2D eigenvalue weighted by Crippen LogP contribution is 2.13. The summed E-state index contributed by atoms with van der Waals surface area (Å²) in [5.74, 6) is -0.0183. The van der Waals surface area contributed by atoms with Crippen molar-refractivity contribution in [1.29, 1.82) is 0 Å². The minimum absolute atomic E-state index is 0.0183. The maximum Gasteiger partial charge on any atom is 0.251 e. The number of carbonyl (C=O) groups is 1. The highest BCUT2D eigenvalue weighted by molar-refractivity contribution is 5.97. The summed E-state index contributed by atoms with van der Waals surface area (Å²) in [5, 5.41) is 10.8. The van der Waals surface area contributed by atoms with E-state index >= 15 is 0 Å². The molecule has 0 unspecified atom stereocenters. The van der Waals surface area contributed by atoms with E-state index in [4.69, 9.17) is 0 Å². The second-order valence-electron chi connectivity index (χ2n) is 4.16. The van der Waals surface area contributed by atoms with Crippen molar-refractivity contribution in [2.45, 2.75) is 32.7 Å². The van der Waals surface area contributed by atoms with Crippen molar-refractivity contribution in [1.82, 2.24) is 15.5 Å². The van der Waals surface area contributed by atoms with Gasteiger partial charge in [-0.25, -0.2) is 0 Å². The lowest BCUT2D eigenvalue weighted by Crippen LogP contribution is -2.33. The largest absolute Gasteiger partial charge is 0.349 e. The van der Waals surface area contributed by atoms with Gasteiger partial charge in [0.05, 0.1) is 11.7 Å². The zero-order valence-corrected chi connectivity index (χ0v) is 10.2. The van der Waals surface area contributed by atoms with E-state index in [1.54, 1.807) is 6.20 Å². The molecule has 0 saturated heterocycles. The van der Waals surface area contributed by atoms with Crippen LogP contribution in [0.3, 0.4) is 0 Å². The molecule has 1 aromatic heterocycles. The molecule has 2 rings (SSSR count). The van der Waals surface area contributed by atoms with Gasteiger partial charge in [-0.05, 0) is 25.0 Å². The third-order valence-corrected chi connectivity index (χ3v) is 3.02. The summed E-state index contributed by atoms with van der Waals surface area (Å²) in [7, 11) is 0. The van der Waals surface area contributed by atoms with Crippen LogP contribution in [0.15, 0.2) is 24.4 Å². The maximum atomic E-state index is 12.0. The molecule has 0 aliphatic heterocycles. The van der Waals surface area contributed by atoms with Crippen LogP contribution in [0.5, 0.6) is 0 Å². The first kappa shape index (κ1) is 11.6. The summed E-state index contributed by atoms with van der Waals surface area (Å²) >= 11 is 0. The molecule has 17 heavy (non-hydrogen) atoms. The zero-order chi connectivity index (χ0) is 12.3. The Kier molecular flexibility index (Phi) is 3.42. The molecule has 1 aromatic carbocycles. The van der Waals surface area contributed by atoms with Gasteiger partial charge in [0.2, 0.25) is 0 Å². The SMILES string of the molecule is CCC(CC)NC(=O)c1ccc2cn[nH]c2c1. The lowest BCUT2D eigenvalue weighted by molar-refractivity contribution is 0.0935. The highest BCUT2D eigenvalue weighted by Gasteiger charge is 2.11. The van der Waals surface area contributed by atoms with E-state index in [1.807, 2.05) is 18.2 Å². The van der Waals surface area contributed by atoms with E-state index in [2.05, 4.69) is 29.4 Å². The van der Waals surface area contributed by atoms with Gasteiger partial charge < -0.3 is 5.32 Å². The van der Waals surface area contributed by atoms with Crippen LogP contribution in [0, 0.1) is 0 Å². The number of fused-ring (bicyclic) bond motifs is 1. The Labute approximate surface area is 100 Å². The lowest BCUT2D eigenvalue weighted by Gasteiger charge is -2.14. The van der Waals surface area contributed by atoms with Crippen LogP contribution in [-0.4, -0.2) is 22.1 Å². The molecule has 0 saturated carbocycles. The zero-order valence-electron chi connectivity index (χ0n) is 10.2. The van der Waals surface area contributed by atoms with Gasteiger partial charge >= 0.3 is 0 Å². The average molecular weight is 231 g/mol. The lowest BCUT2D eigenvalue weighted by atomic mass is 10.1. The van der Waals surface area contributed by atoms with Crippen molar-refractivity contribution in [2.75, 3.05) is 0 Å². The quantitative estimate of drug-likeness (QED) is 0.849. The van der Waals surface area contributed by atoms with E-state index in [9.17, 15) is 4.79 Å². The number of aromatic nitrogens is 2. The highest BCUT2D eigenvalue weighted by atomic mass is 16.1. The number of nitrogens with zero attached hydrogens (tertiary/aromatic N) is 1. The van der Waals surface area contributed by atoms with Crippen molar-refractivity contribution in [3.05, 3.63) is 30.0 Å². The number of carbonyl (C=O) groups excluding carboxylic acids is 1. The summed E-state index contributed by atoms with van der Waals surface area (Å²) in [6, 6.07) is 5.82. The topological polar surface area (TPSA) is 57.8 Å². The smallest absolute Gasteiger partial charge is 0.251 e. The number of amides is 1. The summed E-state index contributed by atoms with van der Waals surface area (Å²) in [6.07, 6.45) is 3.65. The van der Waals surface area contributed by atoms with Crippen LogP contribution in [-0.2, 0) is 0 Å². The maximum absolute atomic E-state index is 12.0. The molecule has 0 fully saturated rings. The predicted molar refractivity (Wildman–Crippen MR) is 67.9 cm³/mol. The molecule has 0 aliphatic rings. The predicted octanol–water partition coefficient (Wildman–Crippen LogP) is 2.48. The molecular weight excluding hydrogens is 214 g/mol. The molecule has 2 N–H and O–H groups in total. The fourth-order valence-electron chi connectivity index (χ4n) is 1.84. The number of H-pyrrole nitrogens is 1. The monoisotopic (exact) mass is 231 g/mol. The van der Waals surface area contributed by atoms with Gasteiger partial charge in [-0.1, -0.05) is 19.9 Å². The van der Waals surface area contributed by atoms with Crippen LogP contribution in [0.4, 0.5) is 0 Å². The Hall–Kier alpha value is -1.84. The minimum Gasteiger partial charge on any atom is -0.349 e. The molecule has 4 nitrogen and oxygen atoms in total. The van der Waals surface area contributed by atoms with Gasteiger partial charge in [-0.3, -0.25) is 9.89 Å². The van der Waals surface area contributed by atoms with Crippen molar-refractivity contribution in [3.63, 3.8) is 0 Å². The number of benzene rings is 1. The molecule has 1 heterocycles. The molecule has 1 amide bonds. The summed E-state index contributed by atoms with van der Waals surface area (Å²) < 4.78 is 0. The van der Waals surface area contributed by atoms with Gasteiger partial charge in [0, 0.05) is 17.0 Å². The van der Waals surface area contributed by atoms with Gasteiger partial charge in [-0.2, -0.15) is 5.10 Å². The minimum atomic E-state index is -0.0183. The standard InChI is InChI=1S/C13H17N3O/c1-3-11(4-2)15-13(17)9-5-6-10-8-14-16-12(10)7-9/h5-8,11H,3-4H2,1-2H3,(H,14,16)(H,15,17). The Morgan fingerprint density at radius 2 is 2.18 bits per heavy atom. The molecular formula is C13H17N3O. The van der Waals surface area contributed by atoms with E-state index in [1.165, 1.54) is 0 Å². The molecule has 0 radical (unpaired) electrons. The molecule has 0 bridgehead atoms. The Morgan fingerprint density at radius 1 is 1.41 bits per heavy atom. The number of aromatic amines is 1. The molecule has 0 aliphatic carbocycles. The Bertz CT molecular complexity index is 514. The van der Waals surface area contributed by atoms with Crippen molar-refractivity contribution in [2.24, 2.45) is 0 Å². The molecule has 90 valence electrons. The van der Waals surface area contributed by atoms with E-state index in [0.717, 1.165) is 23.7 Å². The van der Waals surface area contributed by atoms with Crippen LogP contribution in [0.2, 0.25) is 0 Å². The number of nitrogens with one attached hydrogen (secondary N) is 2. The fraction of sp³-hybridized carbons (Fsp3) is 0.385. The van der Waals surface area contributed by atoms with Crippen LogP contribution >= 0.6 is 0 Å². The Morgan fingerprint density at radius 3 is 2.88 bits per heavy atom. The second-order valence-corrected chi connectivity index (χ2v) is 4.16. The summed E-state index contributed by atoms with van der Waals surface area (Å²) in [5.41, 5.74) is 1.57. The van der Waals surface area contributed by atoms with Crippen LogP contribution in [0.25, 0.3) is 10.9 Å². The van der Waals surface area contributed by atoms with Gasteiger partial charge in [0.15, 0.2) is 0 Å². The Balaban J connectivity index is 2.18. The molecule has 0 atom stereocenters. The average Bonchev–Trinajstić information content (AvgIpc) is 2.82. The summed E-state index contributed by atoms with van der Waals surface area (Å²) in [6.45, 7) is 4.15. The molecule has 0 spiro atoms. The van der Waals surface area contributed by atoms with E-state index < -0.39 is 0 Å². The van der Waals surface area contributed by atoms with Crippen molar-refractivity contribution in [3.8, 4) is 0 Å². The molecule has 4 heteroatoms. The van der Waals surface area contributed by atoms with Crippen molar-refractivity contribution >= 4 is 16.8 Å². The number of rotatable bonds is 4. The third-order valence-electron chi connectivity index (χ3n) is 3.02. The van der Waals surface area contributed by atoms with Crippen LogP contribution < -0.4 is 5.32 Å². The molecule has 2 aromatic rings. The first-order valence-corrected chi connectivity index (χ1v) is 5.98. The van der Waals surface area contributed by atoms with Gasteiger partial charge in [0.25, 0.3) is 5.91 Å². The fourth-order valence-corrected chi connectivity index (χ4v) is 1.84. The number of hydrogen-bond donors (Lipinski definition) is 2. The van der Waals surface area contributed by atoms with Gasteiger partial charge in [-0.15, -0.1) is 0 Å². The first-order chi connectivity index (χ1) is 8.24. The number of hydrogen-bond acceptors (Lipinski definition) is 2. The van der Waals surface area contributed by atoms with Gasteiger partial charge in [0.1, 0.15) is 0 Å². The van der Waals surface area contributed by atoms with E-state index in [0.29, 0.717) is 5.56 Å². The third kappa shape index (κ3) is 2.46. The van der Waals surface area contributed by atoms with E-state index in [-0.39, 0.29) is 11.9 Å². The second kappa shape index (κ2) is 4.99. The normalized spacial score (nSPS) is 11.0.